The van der Waals surface area contributed by atoms with Crippen molar-refractivity contribution in [2.75, 3.05) is 0 Å². The van der Waals surface area contributed by atoms with E-state index in [-0.39, 0.29) is 30.1 Å². The highest BCUT2D eigenvalue weighted by Crippen LogP contribution is 2.69. The van der Waals surface area contributed by atoms with Gasteiger partial charge in [0, 0.05) is 11.8 Å². The predicted octanol–water partition coefficient (Wildman–Crippen LogP) is 3.66. The fourth-order valence-electron chi connectivity index (χ4n) is 9.32. The van der Waals surface area contributed by atoms with Gasteiger partial charge >= 0.3 is 0 Å². The summed E-state index contributed by atoms with van der Waals surface area (Å²) in [5, 5.41) is 55.9. The van der Waals surface area contributed by atoms with Gasteiger partial charge in [0.25, 0.3) is 0 Å². The molecule has 0 aliphatic heterocycles. The Labute approximate surface area is 200 Å². The molecule has 0 bridgehead atoms. The number of hydrogen-bond acceptors (Lipinski definition) is 5. The van der Waals surface area contributed by atoms with Gasteiger partial charge in [0.1, 0.15) is 5.60 Å². The summed E-state index contributed by atoms with van der Waals surface area (Å²) >= 11 is 0. The first-order valence-corrected chi connectivity index (χ1v) is 13.4. The zero-order valence-electron chi connectivity index (χ0n) is 21.4. The predicted molar refractivity (Wildman–Crippen MR) is 129 cm³/mol. The van der Waals surface area contributed by atoms with Gasteiger partial charge in [0.2, 0.25) is 0 Å². The van der Waals surface area contributed by atoms with Crippen molar-refractivity contribution in [3.8, 4) is 0 Å². The van der Waals surface area contributed by atoms with E-state index in [9.17, 15) is 25.5 Å². The Bertz CT molecular complexity index is 753. The van der Waals surface area contributed by atoms with Crippen molar-refractivity contribution in [1.29, 1.82) is 0 Å². The highest BCUT2D eigenvalue weighted by molar-refractivity contribution is 5.21. The van der Waals surface area contributed by atoms with Gasteiger partial charge in [0.05, 0.1) is 24.4 Å². The molecule has 0 heterocycles. The van der Waals surface area contributed by atoms with E-state index in [0.717, 1.165) is 25.7 Å². The van der Waals surface area contributed by atoms with Crippen LogP contribution in [0.3, 0.4) is 0 Å². The maximum atomic E-state index is 11.6. The minimum atomic E-state index is -1.58. The Balaban J connectivity index is 1.61. The van der Waals surface area contributed by atoms with E-state index in [1.54, 1.807) is 0 Å². The van der Waals surface area contributed by atoms with Crippen molar-refractivity contribution in [2.24, 2.45) is 46.3 Å². The second-order valence-corrected chi connectivity index (χ2v) is 13.2. The molecule has 33 heavy (non-hydrogen) atoms. The second-order valence-electron chi connectivity index (χ2n) is 13.2. The molecule has 4 aliphatic rings. The molecule has 12 atom stereocenters. The van der Waals surface area contributed by atoms with Crippen molar-refractivity contribution in [3.63, 3.8) is 0 Å². The molecule has 190 valence electrons. The highest BCUT2D eigenvalue weighted by Gasteiger charge is 2.72. The van der Waals surface area contributed by atoms with Gasteiger partial charge in [-0.25, -0.2) is 0 Å². The van der Waals surface area contributed by atoms with Crippen molar-refractivity contribution in [3.05, 3.63) is 12.2 Å². The largest absolute Gasteiger partial charge is 0.393 e. The molecule has 5 N–H and O–H groups in total. The summed E-state index contributed by atoms with van der Waals surface area (Å²) in [6.45, 7) is 15.2. The van der Waals surface area contributed by atoms with Gasteiger partial charge in [-0.3, -0.25) is 0 Å². The molecule has 0 spiro atoms. The third kappa shape index (κ3) is 3.67. The Hall–Kier alpha value is -0.460. The quantitative estimate of drug-likeness (QED) is 0.400. The van der Waals surface area contributed by atoms with Crippen LogP contribution in [0.1, 0.15) is 86.0 Å². The third-order valence-electron chi connectivity index (χ3n) is 11.4. The molecule has 4 rings (SSSR count). The van der Waals surface area contributed by atoms with Gasteiger partial charge in [-0.1, -0.05) is 46.8 Å². The van der Waals surface area contributed by atoms with Crippen molar-refractivity contribution in [2.45, 2.75) is 116 Å². The summed E-state index contributed by atoms with van der Waals surface area (Å²) in [5.74, 6) is 1.71. The van der Waals surface area contributed by atoms with Crippen LogP contribution in [0.15, 0.2) is 12.2 Å². The van der Waals surface area contributed by atoms with Gasteiger partial charge in [-0.15, -0.1) is 0 Å². The average Bonchev–Trinajstić information content (AvgIpc) is 3.05. The standard InChI is InChI=1S/C28H48O5/c1-15(2)16(3)7-8-17(4)20-9-10-21-19-12-24(32)28(33)13-18(29)11-23(31)27(28,6)25(19)22(30)14-26(20,21)5/h15,17-25,29-33H,3,7-14H2,1-2,4-6H3/t17-,18?,19+,20-,21+,22?,23?,24?,25-,26-,27-,28?/m1/s1. The zero-order chi connectivity index (χ0) is 24.5. The Morgan fingerprint density at radius 1 is 0.970 bits per heavy atom. The lowest BCUT2D eigenvalue weighted by Gasteiger charge is -2.67. The van der Waals surface area contributed by atoms with Crippen LogP contribution in [0.25, 0.3) is 0 Å². The number of aliphatic hydroxyl groups is 5. The normalized spacial score (nSPS) is 52.7. The molecule has 4 aliphatic carbocycles. The van der Waals surface area contributed by atoms with Crippen LogP contribution in [0.5, 0.6) is 0 Å². The lowest BCUT2D eigenvalue weighted by atomic mass is 9.41. The molecule has 0 aromatic heterocycles. The second kappa shape index (κ2) is 8.58. The summed E-state index contributed by atoms with van der Waals surface area (Å²) in [5.41, 5.74) is -1.32. The molecule has 5 nitrogen and oxygen atoms in total. The fourth-order valence-corrected chi connectivity index (χ4v) is 9.32. The monoisotopic (exact) mass is 464 g/mol. The highest BCUT2D eigenvalue weighted by atomic mass is 16.4. The van der Waals surface area contributed by atoms with Crippen LogP contribution in [-0.2, 0) is 0 Å². The van der Waals surface area contributed by atoms with Crippen molar-refractivity contribution >= 4 is 0 Å². The molecule has 5 unspecified atom stereocenters. The molecule has 0 radical (unpaired) electrons. The third-order valence-corrected chi connectivity index (χ3v) is 11.4. The fraction of sp³-hybridized carbons (Fsp3) is 0.929. The first-order valence-electron chi connectivity index (χ1n) is 13.4. The summed E-state index contributed by atoms with van der Waals surface area (Å²) in [6.07, 6.45) is 2.27. The van der Waals surface area contributed by atoms with Crippen LogP contribution in [0, 0.1) is 46.3 Å². The first kappa shape index (κ1) is 25.6. The maximum absolute atomic E-state index is 11.6. The lowest BCUT2D eigenvalue weighted by Crippen LogP contribution is -2.74. The van der Waals surface area contributed by atoms with Crippen molar-refractivity contribution < 1.29 is 25.5 Å². The van der Waals surface area contributed by atoms with Gasteiger partial charge in [0.15, 0.2) is 0 Å². The molecule has 4 fully saturated rings. The molecular formula is C28H48O5. The topological polar surface area (TPSA) is 101 Å². The molecule has 4 saturated carbocycles. The number of hydrogen-bond donors (Lipinski definition) is 5. The van der Waals surface area contributed by atoms with E-state index in [1.165, 1.54) is 5.57 Å². The minimum absolute atomic E-state index is 0.0101. The summed E-state index contributed by atoms with van der Waals surface area (Å²) in [7, 11) is 0. The van der Waals surface area contributed by atoms with E-state index in [2.05, 4.69) is 34.3 Å². The molecular weight excluding hydrogens is 416 g/mol. The Kier molecular flexibility index (Phi) is 6.67. The zero-order valence-corrected chi connectivity index (χ0v) is 21.4. The maximum Gasteiger partial charge on any atom is 0.101 e. The molecule has 0 aromatic rings. The number of fused-ring (bicyclic) bond motifs is 5. The smallest absolute Gasteiger partial charge is 0.101 e. The number of aliphatic hydroxyl groups excluding tert-OH is 4. The van der Waals surface area contributed by atoms with Crippen LogP contribution >= 0.6 is 0 Å². The Morgan fingerprint density at radius 2 is 1.64 bits per heavy atom. The molecule has 5 heteroatoms. The van der Waals surface area contributed by atoms with Gasteiger partial charge in [-0.2, -0.15) is 0 Å². The summed E-state index contributed by atoms with van der Waals surface area (Å²) in [4.78, 5) is 0. The Morgan fingerprint density at radius 3 is 2.27 bits per heavy atom. The van der Waals surface area contributed by atoms with Crippen LogP contribution in [0.4, 0.5) is 0 Å². The van der Waals surface area contributed by atoms with Crippen LogP contribution < -0.4 is 0 Å². The van der Waals surface area contributed by atoms with Crippen molar-refractivity contribution in [1.82, 2.24) is 0 Å². The van der Waals surface area contributed by atoms with Gasteiger partial charge < -0.3 is 25.5 Å². The van der Waals surface area contributed by atoms with Crippen LogP contribution in [-0.4, -0.2) is 55.5 Å². The number of rotatable bonds is 5. The van der Waals surface area contributed by atoms with E-state index >= 15 is 0 Å². The summed E-state index contributed by atoms with van der Waals surface area (Å²) < 4.78 is 0. The van der Waals surface area contributed by atoms with E-state index < -0.39 is 35.4 Å². The molecule has 0 amide bonds. The van der Waals surface area contributed by atoms with E-state index in [1.807, 2.05) is 6.92 Å². The van der Waals surface area contributed by atoms with E-state index in [4.69, 9.17) is 0 Å². The lowest BCUT2D eigenvalue weighted by molar-refractivity contribution is -0.310. The molecule has 0 saturated heterocycles. The van der Waals surface area contributed by atoms with Crippen LogP contribution in [0.2, 0.25) is 0 Å². The number of allylic oxidation sites excluding steroid dienone is 1. The molecule has 0 aromatic carbocycles. The average molecular weight is 465 g/mol. The van der Waals surface area contributed by atoms with Gasteiger partial charge in [-0.05, 0) is 85.9 Å². The SMILES string of the molecule is C=C(CC[C@@H](C)[C@H]1CC[C@H]2[C@@H]3CC(O)C4(O)CC(O)CC(O)[C@]4(C)[C@H]3C(O)C[C@]12C)C(C)C. The van der Waals surface area contributed by atoms with E-state index in [0.29, 0.717) is 36.5 Å². The minimum Gasteiger partial charge on any atom is -0.393 e. The first-order chi connectivity index (χ1) is 15.3. The summed E-state index contributed by atoms with van der Waals surface area (Å²) in [6, 6.07) is 0.